The SMILES string of the molecule is CC1(C)CCN2CCC(C)(C)c3c4c(cc1c32)C=C(c1nc2ccccc2s1)C(O)O4. The van der Waals surface area contributed by atoms with Gasteiger partial charge in [-0.1, -0.05) is 39.8 Å². The van der Waals surface area contributed by atoms with Crippen LogP contribution in [0.3, 0.4) is 0 Å². The first kappa shape index (κ1) is 19.3. The van der Waals surface area contributed by atoms with Crippen molar-refractivity contribution in [2.24, 2.45) is 0 Å². The van der Waals surface area contributed by atoms with Gasteiger partial charge >= 0.3 is 0 Å². The Hall–Kier alpha value is -2.37. The average Bonchev–Trinajstić information content (AvgIpc) is 3.15. The fraction of sp³-hybridized carbons (Fsp3) is 0.423. The summed E-state index contributed by atoms with van der Waals surface area (Å²) in [6, 6.07) is 10.4. The molecule has 0 fully saturated rings. The molecule has 0 spiro atoms. The molecule has 0 saturated carbocycles. The van der Waals surface area contributed by atoms with Crippen LogP contribution in [-0.2, 0) is 10.8 Å². The third kappa shape index (κ3) is 2.79. The summed E-state index contributed by atoms with van der Waals surface area (Å²) < 4.78 is 7.42. The topological polar surface area (TPSA) is 45.6 Å². The van der Waals surface area contributed by atoms with Gasteiger partial charge in [-0.3, -0.25) is 0 Å². The van der Waals surface area contributed by atoms with Crippen LogP contribution in [0.1, 0.15) is 62.2 Å². The Bertz CT molecular complexity index is 1220. The lowest BCUT2D eigenvalue weighted by atomic mass is 9.68. The Balaban J connectivity index is 1.60. The van der Waals surface area contributed by atoms with Crippen LogP contribution in [0.4, 0.5) is 5.69 Å². The molecule has 2 aromatic carbocycles. The van der Waals surface area contributed by atoms with E-state index in [1.54, 1.807) is 11.3 Å². The molecule has 0 radical (unpaired) electrons. The molecular formula is C26H28N2O2S. The summed E-state index contributed by atoms with van der Waals surface area (Å²) in [6.07, 6.45) is 3.34. The van der Waals surface area contributed by atoms with Gasteiger partial charge in [0.1, 0.15) is 10.8 Å². The molecule has 3 aliphatic rings. The van der Waals surface area contributed by atoms with Crippen LogP contribution < -0.4 is 9.64 Å². The van der Waals surface area contributed by atoms with Crippen molar-refractivity contribution in [3.63, 3.8) is 0 Å². The molecule has 1 aromatic heterocycles. The van der Waals surface area contributed by atoms with Crippen LogP contribution in [-0.4, -0.2) is 29.5 Å². The van der Waals surface area contributed by atoms with E-state index in [1.807, 2.05) is 18.2 Å². The van der Waals surface area contributed by atoms with Crippen LogP contribution in [0.5, 0.6) is 5.75 Å². The van der Waals surface area contributed by atoms with E-state index in [0.717, 1.165) is 58.0 Å². The van der Waals surface area contributed by atoms with Crippen LogP contribution in [0, 0.1) is 0 Å². The molecule has 1 atom stereocenters. The number of benzene rings is 2. The second kappa shape index (κ2) is 6.33. The second-order valence-corrected chi connectivity index (χ2v) is 11.4. The summed E-state index contributed by atoms with van der Waals surface area (Å²) in [6.45, 7) is 11.5. The molecular weight excluding hydrogens is 404 g/mol. The van der Waals surface area contributed by atoms with Gasteiger partial charge in [0.05, 0.1) is 15.8 Å². The van der Waals surface area contributed by atoms with Gasteiger partial charge in [0.15, 0.2) is 0 Å². The van der Waals surface area contributed by atoms with Gasteiger partial charge in [0, 0.05) is 29.9 Å². The zero-order valence-corrected chi connectivity index (χ0v) is 19.3. The normalized spacial score (nSPS) is 23.1. The molecule has 160 valence electrons. The maximum Gasteiger partial charge on any atom is 0.227 e. The summed E-state index contributed by atoms with van der Waals surface area (Å²) in [5, 5.41) is 11.9. The predicted molar refractivity (Wildman–Crippen MR) is 128 cm³/mol. The molecule has 0 amide bonds. The molecule has 5 heteroatoms. The first-order valence-corrected chi connectivity index (χ1v) is 12.0. The third-order valence-corrected chi connectivity index (χ3v) is 8.45. The number of thiazole rings is 1. The van der Waals surface area contributed by atoms with Crippen LogP contribution in [0.2, 0.25) is 0 Å². The molecule has 4 heterocycles. The van der Waals surface area contributed by atoms with Crippen molar-refractivity contribution >= 4 is 38.9 Å². The smallest absolute Gasteiger partial charge is 0.227 e. The quantitative estimate of drug-likeness (QED) is 0.534. The summed E-state index contributed by atoms with van der Waals surface area (Å²) in [5.74, 6) is 0.850. The van der Waals surface area contributed by atoms with E-state index in [9.17, 15) is 5.11 Å². The Morgan fingerprint density at radius 2 is 1.84 bits per heavy atom. The average molecular weight is 433 g/mol. The fourth-order valence-electron chi connectivity index (χ4n) is 5.38. The number of hydrogen-bond donors (Lipinski definition) is 1. The number of anilines is 1. The standard InChI is InChI=1S/C26H28N2O2S/c1-25(2)9-11-28-12-10-26(3,4)20-21(28)17(25)14-15-13-16(24(29)30-22(15)20)23-27-18-7-5-6-8-19(18)31-23/h5-8,13-14,24,29H,9-12H2,1-4H3. The van der Waals surface area contributed by atoms with E-state index in [2.05, 4.69) is 50.8 Å². The predicted octanol–water partition coefficient (Wildman–Crippen LogP) is 5.72. The molecule has 0 bridgehead atoms. The minimum atomic E-state index is -1.01. The van der Waals surface area contributed by atoms with E-state index in [4.69, 9.17) is 9.72 Å². The van der Waals surface area contributed by atoms with Gasteiger partial charge in [-0.25, -0.2) is 4.98 Å². The highest BCUT2D eigenvalue weighted by Gasteiger charge is 2.44. The summed E-state index contributed by atoms with van der Waals surface area (Å²) in [4.78, 5) is 7.30. The Kier molecular flexibility index (Phi) is 3.95. The number of hydrogen-bond acceptors (Lipinski definition) is 5. The minimum Gasteiger partial charge on any atom is -0.460 e. The van der Waals surface area contributed by atoms with E-state index >= 15 is 0 Å². The van der Waals surface area contributed by atoms with Crippen molar-refractivity contribution in [2.45, 2.75) is 57.7 Å². The number of aliphatic hydroxyl groups excluding tert-OH is 1. The first-order chi connectivity index (χ1) is 14.7. The number of rotatable bonds is 1. The molecule has 31 heavy (non-hydrogen) atoms. The van der Waals surface area contributed by atoms with Gasteiger partial charge in [-0.15, -0.1) is 11.3 Å². The van der Waals surface area contributed by atoms with Gasteiger partial charge in [-0.05, 0) is 53.5 Å². The number of fused-ring (bicyclic) bond motifs is 3. The fourth-order valence-corrected chi connectivity index (χ4v) is 6.38. The molecule has 3 aliphatic heterocycles. The highest BCUT2D eigenvalue weighted by atomic mass is 32.1. The number of para-hydroxylation sites is 1. The van der Waals surface area contributed by atoms with Crippen molar-refractivity contribution in [2.75, 3.05) is 18.0 Å². The maximum atomic E-state index is 11.0. The molecule has 1 unspecified atom stereocenters. The van der Waals surface area contributed by atoms with E-state index in [-0.39, 0.29) is 10.8 Å². The van der Waals surface area contributed by atoms with E-state index < -0.39 is 6.29 Å². The van der Waals surface area contributed by atoms with Crippen LogP contribution >= 0.6 is 11.3 Å². The minimum absolute atomic E-state index is 0.000270. The lowest BCUT2D eigenvalue weighted by molar-refractivity contribution is 0.0301. The molecule has 0 saturated heterocycles. The van der Waals surface area contributed by atoms with Crippen molar-refractivity contribution in [3.05, 3.63) is 52.0 Å². The van der Waals surface area contributed by atoms with Gasteiger partial charge in [0.25, 0.3) is 0 Å². The Morgan fingerprint density at radius 3 is 2.61 bits per heavy atom. The molecule has 1 N–H and O–H groups in total. The number of nitrogens with zero attached hydrogens (tertiary/aromatic N) is 2. The largest absolute Gasteiger partial charge is 0.460 e. The number of aromatic nitrogens is 1. The van der Waals surface area contributed by atoms with Crippen molar-refractivity contribution in [1.29, 1.82) is 0 Å². The monoisotopic (exact) mass is 432 g/mol. The third-order valence-electron chi connectivity index (χ3n) is 7.36. The maximum absolute atomic E-state index is 11.0. The molecule has 4 nitrogen and oxygen atoms in total. The Morgan fingerprint density at radius 1 is 1.10 bits per heavy atom. The molecule has 6 rings (SSSR count). The molecule has 0 aliphatic carbocycles. The summed E-state index contributed by atoms with van der Waals surface area (Å²) in [5.41, 5.74) is 6.90. The van der Waals surface area contributed by atoms with Crippen molar-refractivity contribution in [3.8, 4) is 5.75 Å². The highest BCUT2D eigenvalue weighted by molar-refractivity contribution is 7.19. The first-order valence-electron chi connectivity index (χ1n) is 11.1. The van der Waals surface area contributed by atoms with Gasteiger partial charge in [0.2, 0.25) is 6.29 Å². The van der Waals surface area contributed by atoms with Gasteiger partial charge < -0.3 is 14.7 Å². The lowest BCUT2D eigenvalue weighted by Crippen LogP contribution is -2.45. The lowest BCUT2D eigenvalue weighted by Gasteiger charge is -2.49. The summed E-state index contributed by atoms with van der Waals surface area (Å²) >= 11 is 1.60. The van der Waals surface area contributed by atoms with Crippen molar-refractivity contribution < 1.29 is 9.84 Å². The number of ether oxygens (including phenoxy) is 1. The Labute approximate surface area is 187 Å². The van der Waals surface area contributed by atoms with Crippen LogP contribution in [0.15, 0.2) is 30.3 Å². The number of aliphatic hydroxyl groups is 1. The van der Waals surface area contributed by atoms with E-state index in [1.165, 1.54) is 16.8 Å². The highest BCUT2D eigenvalue weighted by Crippen LogP contribution is 2.55. The molecule has 3 aromatic rings. The van der Waals surface area contributed by atoms with Crippen molar-refractivity contribution in [1.82, 2.24) is 4.98 Å². The van der Waals surface area contributed by atoms with Gasteiger partial charge in [-0.2, -0.15) is 0 Å². The summed E-state index contributed by atoms with van der Waals surface area (Å²) in [7, 11) is 0. The zero-order chi connectivity index (χ0) is 21.5. The van der Waals surface area contributed by atoms with Crippen LogP contribution in [0.25, 0.3) is 21.9 Å². The van der Waals surface area contributed by atoms with E-state index in [0.29, 0.717) is 0 Å². The second-order valence-electron chi connectivity index (χ2n) is 10.4. The zero-order valence-electron chi connectivity index (χ0n) is 18.5.